The Balaban J connectivity index is 2.26. The maximum atomic E-state index is 6.08. The molecule has 15 heavy (non-hydrogen) atoms. The van der Waals surface area contributed by atoms with E-state index in [1.165, 1.54) is 5.56 Å². The SMILES string of the molecule is CCc1nn(C)cc1C1OCCCC1N. The Morgan fingerprint density at radius 3 is 3.13 bits per heavy atom. The van der Waals surface area contributed by atoms with Gasteiger partial charge < -0.3 is 10.5 Å². The monoisotopic (exact) mass is 209 g/mol. The van der Waals surface area contributed by atoms with E-state index in [0.29, 0.717) is 0 Å². The molecular weight excluding hydrogens is 190 g/mol. The second kappa shape index (κ2) is 4.33. The Hall–Kier alpha value is -0.870. The van der Waals surface area contributed by atoms with Crippen LogP contribution in [-0.4, -0.2) is 22.4 Å². The molecule has 0 aliphatic carbocycles. The molecule has 0 aromatic carbocycles. The summed E-state index contributed by atoms with van der Waals surface area (Å²) in [5, 5.41) is 4.42. The number of aryl methyl sites for hydroxylation is 2. The number of nitrogens with two attached hydrogens (primary N) is 1. The lowest BCUT2D eigenvalue weighted by molar-refractivity contribution is -0.000369. The summed E-state index contributed by atoms with van der Waals surface area (Å²) >= 11 is 0. The highest BCUT2D eigenvalue weighted by Gasteiger charge is 2.27. The van der Waals surface area contributed by atoms with Crippen LogP contribution in [0.1, 0.15) is 37.1 Å². The van der Waals surface area contributed by atoms with Gasteiger partial charge in [0.05, 0.1) is 5.69 Å². The van der Waals surface area contributed by atoms with Crippen LogP contribution in [0.3, 0.4) is 0 Å². The van der Waals surface area contributed by atoms with Gasteiger partial charge in [-0.1, -0.05) is 6.92 Å². The zero-order chi connectivity index (χ0) is 10.8. The first-order chi connectivity index (χ1) is 7.22. The zero-order valence-electron chi connectivity index (χ0n) is 9.44. The highest BCUT2D eigenvalue weighted by molar-refractivity contribution is 5.22. The standard InChI is InChI=1S/C11H19N3O/c1-3-10-8(7-14(2)13-10)11-9(12)5-4-6-15-11/h7,9,11H,3-6,12H2,1-2H3. The van der Waals surface area contributed by atoms with Crippen molar-refractivity contribution in [2.24, 2.45) is 12.8 Å². The van der Waals surface area contributed by atoms with Crippen molar-refractivity contribution in [3.63, 3.8) is 0 Å². The summed E-state index contributed by atoms with van der Waals surface area (Å²) in [6.07, 6.45) is 5.13. The second-order valence-electron chi connectivity index (χ2n) is 4.16. The number of aromatic nitrogens is 2. The van der Waals surface area contributed by atoms with Crippen molar-refractivity contribution < 1.29 is 4.74 Å². The van der Waals surface area contributed by atoms with Gasteiger partial charge in [-0.15, -0.1) is 0 Å². The summed E-state index contributed by atoms with van der Waals surface area (Å²) in [7, 11) is 1.94. The van der Waals surface area contributed by atoms with Crippen LogP contribution in [0.4, 0.5) is 0 Å². The molecule has 1 aliphatic rings. The fourth-order valence-electron chi connectivity index (χ4n) is 2.19. The molecule has 0 radical (unpaired) electrons. The highest BCUT2D eigenvalue weighted by atomic mass is 16.5. The predicted molar refractivity (Wildman–Crippen MR) is 58.5 cm³/mol. The van der Waals surface area contributed by atoms with Gasteiger partial charge in [-0.05, 0) is 19.3 Å². The van der Waals surface area contributed by atoms with Gasteiger partial charge in [0, 0.05) is 31.5 Å². The normalized spacial score (nSPS) is 26.9. The lowest BCUT2D eigenvalue weighted by Gasteiger charge is -2.28. The molecule has 0 bridgehead atoms. The average molecular weight is 209 g/mol. The molecule has 2 unspecified atom stereocenters. The summed E-state index contributed by atoms with van der Waals surface area (Å²) < 4.78 is 7.60. The third kappa shape index (κ3) is 2.06. The molecule has 4 nitrogen and oxygen atoms in total. The first-order valence-electron chi connectivity index (χ1n) is 5.62. The van der Waals surface area contributed by atoms with Crippen LogP contribution in [0.2, 0.25) is 0 Å². The van der Waals surface area contributed by atoms with Gasteiger partial charge in [0.1, 0.15) is 6.10 Å². The molecule has 2 N–H and O–H groups in total. The number of hydrogen-bond acceptors (Lipinski definition) is 3. The van der Waals surface area contributed by atoms with Gasteiger partial charge in [-0.2, -0.15) is 5.10 Å². The van der Waals surface area contributed by atoms with Crippen molar-refractivity contribution in [2.75, 3.05) is 6.61 Å². The molecular formula is C11H19N3O. The number of ether oxygens (including phenoxy) is 1. The van der Waals surface area contributed by atoms with E-state index < -0.39 is 0 Å². The van der Waals surface area contributed by atoms with Gasteiger partial charge >= 0.3 is 0 Å². The van der Waals surface area contributed by atoms with E-state index in [1.54, 1.807) is 0 Å². The Bertz CT molecular complexity index is 335. The second-order valence-corrected chi connectivity index (χ2v) is 4.16. The van der Waals surface area contributed by atoms with Crippen molar-refractivity contribution >= 4 is 0 Å². The van der Waals surface area contributed by atoms with Crippen LogP contribution in [0.25, 0.3) is 0 Å². The molecule has 0 spiro atoms. The quantitative estimate of drug-likeness (QED) is 0.795. The summed E-state index contributed by atoms with van der Waals surface area (Å²) in [5.41, 5.74) is 8.37. The maximum Gasteiger partial charge on any atom is 0.101 e. The van der Waals surface area contributed by atoms with Crippen LogP contribution in [-0.2, 0) is 18.2 Å². The molecule has 2 rings (SSSR count). The average Bonchev–Trinajstić information content (AvgIpc) is 2.60. The summed E-state index contributed by atoms with van der Waals surface area (Å²) in [5.74, 6) is 0. The number of nitrogens with zero attached hydrogens (tertiary/aromatic N) is 2. The van der Waals surface area contributed by atoms with Crippen molar-refractivity contribution in [1.29, 1.82) is 0 Å². The summed E-state index contributed by atoms with van der Waals surface area (Å²) in [6.45, 7) is 2.93. The largest absolute Gasteiger partial charge is 0.372 e. The molecule has 4 heteroatoms. The minimum Gasteiger partial charge on any atom is -0.372 e. The van der Waals surface area contributed by atoms with E-state index >= 15 is 0 Å². The molecule has 84 valence electrons. The van der Waals surface area contributed by atoms with Crippen LogP contribution in [0, 0.1) is 0 Å². The molecule has 1 aromatic heterocycles. The molecule has 1 aromatic rings. The van der Waals surface area contributed by atoms with Crippen molar-refractivity contribution in [3.05, 3.63) is 17.5 Å². The van der Waals surface area contributed by atoms with Crippen LogP contribution in [0.5, 0.6) is 0 Å². The molecule has 0 amide bonds. The van der Waals surface area contributed by atoms with E-state index in [1.807, 2.05) is 17.9 Å². The van der Waals surface area contributed by atoms with Crippen molar-refractivity contribution in [3.8, 4) is 0 Å². The Labute approximate surface area is 90.4 Å². The van der Waals surface area contributed by atoms with Gasteiger partial charge in [0.25, 0.3) is 0 Å². The van der Waals surface area contributed by atoms with Gasteiger partial charge in [-0.25, -0.2) is 0 Å². The molecule has 1 aliphatic heterocycles. The number of rotatable bonds is 2. The summed E-state index contributed by atoms with van der Waals surface area (Å²) in [4.78, 5) is 0. The predicted octanol–water partition coefficient (Wildman–Crippen LogP) is 1.16. The van der Waals surface area contributed by atoms with Crippen LogP contribution in [0.15, 0.2) is 6.20 Å². The lowest BCUT2D eigenvalue weighted by Crippen LogP contribution is -2.34. The molecule has 2 heterocycles. The van der Waals surface area contributed by atoms with Gasteiger partial charge in [-0.3, -0.25) is 4.68 Å². The molecule has 1 saturated heterocycles. The van der Waals surface area contributed by atoms with Gasteiger partial charge in [0.2, 0.25) is 0 Å². The third-order valence-electron chi connectivity index (χ3n) is 2.95. The van der Waals surface area contributed by atoms with Crippen molar-refractivity contribution in [1.82, 2.24) is 9.78 Å². The topological polar surface area (TPSA) is 53.1 Å². The first-order valence-corrected chi connectivity index (χ1v) is 5.62. The third-order valence-corrected chi connectivity index (χ3v) is 2.95. The van der Waals surface area contributed by atoms with E-state index in [4.69, 9.17) is 10.5 Å². The zero-order valence-corrected chi connectivity index (χ0v) is 9.44. The first kappa shape index (κ1) is 10.6. The fourth-order valence-corrected chi connectivity index (χ4v) is 2.19. The smallest absolute Gasteiger partial charge is 0.101 e. The lowest BCUT2D eigenvalue weighted by atomic mass is 9.96. The van der Waals surface area contributed by atoms with E-state index in [0.717, 1.165) is 31.6 Å². The van der Waals surface area contributed by atoms with Crippen LogP contribution >= 0.6 is 0 Å². The van der Waals surface area contributed by atoms with E-state index in [2.05, 4.69) is 12.0 Å². The molecule has 2 atom stereocenters. The van der Waals surface area contributed by atoms with Gasteiger partial charge in [0.15, 0.2) is 0 Å². The Morgan fingerprint density at radius 2 is 2.47 bits per heavy atom. The summed E-state index contributed by atoms with van der Waals surface area (Å²) in [6, 6.07) is 0.119. The maximum absolute atomic E-state index is 6.08. The number of hydrogen-bond donors (Lipinski definition) is 1. The van der Waals surface area contributed by atoms with E-state index in [9.17, 15) is 0 Å². The van der Waals surface area contributed by atoms with E-state index in [-0.39, 0.29) is 12.1 Å². The minimum atomic E-state index is 0.0439. The Morgan fingerprint density at radius 1 is 1.67 bits per heavy atom. The van der Waals surface area contributed by atoms with Crippen LogP contribution < -0.4 is 5.73 Å². The molecule has 1 fully saturated rings. The molecule has 0 saturated carbocycles. The highest BCUT2D eigenvalue weighted by Crippen LogP contribution is 2.29. The Kier molecular flexibility index (Phi) is 3.07. The van der Waals surface area contributed by atoms with Crippen molar-refractivity contribution in [2.45, 2.75) is 38.3 Å². The fraction of sp³-hybridized carbons (Fsp3) is 0.727. The minimum absolute atomic E-state index is 0.0439.